The number of aliphatic hydroxyl groups excluding tert-OH is 1. The Kier molecular flexibility index (Phi) is 8.43. The minimum atomic E-state index is -4.40. The van der Waals surface area contributed by atoms with Crippen LogP contribution in [-0.4, -0.2) is 59.6 Å². The molecule has 1 aliphatic heterocycles. The molecule has 1 heterocycles. The number of likely N-dealkylation sites (tertiary alicyclic amines) is 1. The number of halogens is 3. The van der Waals surface area contributed by atoms with Crippen molar-refractivity contribution in [3.8, 4) is 0 Å². The van der Waals surface area contributed by atoms with Crippen LogP contribution in [0.1, 0.15) is 24.5 Å². The van der Waals surface area contributed by atoms with Crippen molar-refractivity contribution in [2.24, 2.45) is 0 Å². The second-order valence-corrected chi connectivity index (χ2v) is 7.50. The second-order valence-electron chi connectivity index (χ2n) is 7.50. The molecule has 0 spiro atoms. The summed E-state index contributed by atoms with van der Waals surface area (Å²) in [5.74, 6) is -0.195. The third-order valence-electron chi connectivity index (χ3n) is 5.23. The van der Waals surface area contributed by atoms with Crippen LogP contribution in [0.25, 0.3) is 0 Å². The van der Waals surface area contributed by atoms with Crippen molar-refractivity contribution in [3.05, 3.63) is 71.8 Å². The smallest absolute Gasteiger partial charge is 0.392 e. The Balaban J connectivity index is 2.18. The Hall–Kier alpha value is -2.38. The number of rotatable bonds is 8. The first kappa shape index (κ1) is 23.9. The Labute approximate surface area is 176 Å². The SMILES string of the molecule is C=C/C=C(\C=C/C)[C@@H](CN1CC[C@H](O)C1)N(C)C(=O)Cc1ccc(C(F)(F)F)cc1. The Morgan fingerprint density at radius 3 is 2.53 bits per heavy atom. The molecule has 0 saturated carbocycles. The number of allylic oxidation sites excluding steroid dienone is 3. The summed E-state index contributed by atoms with van der Waals surface area (Å²) in [6.45, 7) is 7.48. The minimum Gasteiger partial charge on any atom is -0.392 e. The highest BCUT2D eigenvalue weighted by Crippen LogP contribution is 2.29. The van der Waals surface area contributed by atoms with Crippen LogP contribution in [0.3, 0.4) is 0 Å². The van der Waals surface area contributed by atoms with Gasteiger partial charge in [-0.25, -0.2) is 0 Å². The third-order valence-corrected chi connectivity index (χ3v) is 5.23. The number of carbonyl (C=O) groups excluding carboxylic acids is 1. The molecule has 1 saturated heterocycles. The van der Waals surface area contributed by atoms with Crippen molar-refractivity contribution in [1.82, 2.24) is 9.80 Å². The molecule has 0 radical (unpaired) electrons. The zero-order valence-corrected chi connectivity index (χ0v) is 17.4. The van der Waals surface area contributed by atoms with E-state index in [4.69, 9.17) is 0 Å². The highest BCUT2D eigenvalue weighted by molar-refractivity contribution is 5.79. The number of nitrogens with zero attached hydrogens (tertiary/aromatic N) is 2. The van der Waals surface area contributed by atoms with Crippen LogP contribution in [0.5, 0.6) is 0 Å². The molecule has 1 fully saturated rings. The van der Waals surface area contributed by atoms with Crippen molar-refractivity contribution in [3.63, 3.8) is 0 Å². The Bertz CT molecular complexity index is 785. The minimum absolute atomic E-state index is 0.00493. The van der Waals surface area contributed by atoms with Crippen LogP contribution < -0.4 is 0 Å². The number of β-amino-alcohol motifs (C(OH)–C–C–N with tert-alkyl or cyclic N) is 1. The van der Waals surface area contributed by atoms with E-state index >= 15 is 0 Å². The summed E-state index contributed by atoms with van der Waals surface area (Å²) in [5, 5.41) is 9.83. The van der Waals surface area contributed by atoms with Gasteiger partial charge < -0.3 is 10.0 Å². The maximum atomic E-state index is 12.9. The van der Waals surface area contributed by atoms with Crippen LogP contribution in [0.2, 0.25) is 0 Å². The normalized spacial score (nSPS) is 19.3. The van der Waals surface area contributed by atoms with Crippen molar-refractivity contribution in [1.29, 1.82) is 0 Å². The molecule has 1 aliphatic rings. The van der Waals surface area contributed by atoms with Crippen molar-refractivity contribution < 1.29 is 23.1 Å². The number of benzene rings is 1. The first-order valence-corrected chi connectivity index (χ1v) is 9.93. The summed E-state index contributed by atoms with van der Waals surface area (Å²) >= 11 is 0. The standard InChI is InChI=1S/C23H29F3N2O2/c1-4-6-18(7-5-2)21(16-28-13-12-20(29)15-28)27(3)22(30)14-17-8-10-19(11-9-17)23(24,25)26/h4-11,20-21,29H,1,12-16H2,2-3H3/b7-5-,18-6+/t20-,21+/m0/s1. The Morgan fingerprint density at radius 1 is 1.37 bits per heavy atom. The molecule has 0 aliphatic carbocycles. The number of aliphatic hydroxyl groups is 1. The fourth-order valence-electron chi connectivity index (χ4n) is 3.57. The summed E-state index contributed by atoms with van der Waals surface area (Å²) in [5.41, 5.74) is 0.689. The summed E-state index contributed by atoms with van der Waals surface area (Å²) in [7, 11) is 1.70. The molecule has 2 rings (SSSR count). The van der Waals surface area contributed by atoms with Gasteiger partial charge in [0.25, 0.3) is 0 Å². The lowest BCUT2D eigenvalue weighted by Crippen LogP contribution is -2.46. The highest BCUT2D eigenvalue weighted by atomic mass is 19.4. The number of likely N-dealkylation sites (N-methyl/N-ethyl adjacent to an activating group) is 1. The van der Waals surface area contributed by atoms with Gasteiger partial charge in [-0.3, -0.25) is 9.69 Å². The molecule has 0 aromatic heterocycles. The first-order valence-electron chi connectivity index (χ1n) is 9.93. The van der Waals surface area contributed by atoms with Crippen molar-refractivity contribution in [2.75, 3.05) is 26.7 Å². The number of alkyl halides is 3. The van der Waals surface area contributed by atoms with E-state index in [2.05, 4.69) is 11.5 Å². The van der Waals surface area contributed by atoms with Crippen LogP contribution in [-0.2, 0) is 17.4 Å². The molecule has 1 aromatic carbocycles. The van der Waals surface area contributed by atoms with Gasteiger partial charge in [0.1, 0.15) is 0 Å². The molecule has 4 nitrogen and oxygen atoms in total. The monoisotopic (exact) mass is 422 g/mol. The molecule has 30 heavy (non-hydrogen) atoms. The van der Waals surface area contributed by atoms with Crippen molar-refractivity contribution in [2.45, 2.75) is 38.1 Å². The van der Waals surface area contributed by atoms with Crippen LogP contribution in [0.4, 0.5) is 13.2 Å². The molecule has 7 heteroatoms. The van der Waals surface area contributed by atoms with E-state index in [0.717, 1.165) is 24.3 Å². The van der Waals surface area contributed by atoms with Gasteiger partial charge >= 0.3 is 6.18 Å². The molecule has 1 aromatic rings. The topological polar surface area (TPSA) is 43.8 Å². The van der Waals surface area contributed by atoms with E-state index in [-0.39, 0.29) is 24.5 Å². The van der Waals surface area contributed by atoms with Gasteiger partial charge in [-0.15, -0.1) is 0 Å². The molecule has 1 N–H and O–H groups in total. The van der Waals surface area contributed by atoms with Gasteiger partial charge in [0.15, 0.2) is 0 Å². The van der Waals surface area contributed by atoms with Crippen LogP contribution in [0, 0.1) is 0 Å². The predicted octanol–water partition coefficient (Wildman–Crippen LogP) is 3.83. The molecule has 2 atom stereocenters. The maximum Gasteiger partial charge on any atom is 0.416 e. The predicted molar refractivity (Wildman–Crippen MR) is 112 cm³/mol. The molecular weight excluding hydrogens is 393 g/mol. The van der Waals surface area contributed by atoms with Gasteiger partial charge in [-0.05, 0) is 36.6 Å². The summed E-state index contributed by atoms with van der Waals surface area (Å²) in [6, 6.07) is 4.40. The lowest BCUT2D eigenvalue weighted by molar-refractivity contribution is -0.137. The zero-order valence-electron chi connectivity index (χ0n) is 17.4. The first-order chi connectivity index (χ1) is 14.2. The lowest BCUT2D eigenvalue weighted by Gasteiger charge is -2.33. The fraction of sp³-hybridized carbons (Fsp3) is 0.435. The van der Waals surface area contributed by atoms with Crippen LogP contribution >= 0.6 is 0 Å². The van der Waals surface area contributed by atoms with Crippen molar-refractivity contribution >= 4 is 5.91 Å². The third kappa shape index (κ3) is 6.57. The molecule has 0 unspecified atom stereocenters. The average Bonchev–Trinajstić information content (AvgIpc) is 3.10. The Morgan fingerprint density at radius 2 is 2.03 bits per heavy atom. The quantitative estimate of drug-likeness (QED) is 0.648. The van der Waals surface area contributed by atoms with E-state index in [1.165, 1.54) is 12.1 Å². The molecule has 1 amide bonds. The highest BCUT2D eigenvalue weighted by Gasteiger charge is 2.31. The largest absolute Gasteiger partial charge is 0.416 e. The van der Waals surface area contributed by atoms with E-state index in [9.17, 15) is 23.1 Å². The number of carbonyl (C=O) groups is 1. The fourth-order valence-corrected chi connectivity index (χ4v) is 3.57. The van der Waals surface area contributed by atoms with Gasteiger partial charge in [0.2, 0.25) is 5.91 Å². The van der Waals surface area contributed by atoms with E-state index in [1.807, 2.05) is 25.2 Å². The summed E-state index contributed by atoms with van der Waals surface area (Å²) in [6.07, 6.45) is 3.24. The second kappa shape index (κ2) is 10.6. The van der Waals surface area contributed by atoms with E-state index in [1.54, 1.807) is 18.0 Å². The molecule has 164 valence electrons. The molecule has 0 bridgehead atoms. The van der Waals surface area contributed by atoms with Gasteiger partial charge in [-0.2, -0.15) is 13.2 Å². The molecular formula is C23H29F3N2O2. The van der Waals surface area contributed by atoms with E-state index < -0.39 is 11.7 Å². The summed E-state index contributed by atoms with van der Waals surface area (Å²) < 4.78 is 38.3. The van der Waals surface area contributed by atoms with Gasteiger partial charge in [-0.1, -0.05) is 43.0 Å². The zero-order chi connectivity index (χ0) is 22.3. The van der Waals surface area contributed by atoms with E-state index in [0.29, 0.717) is 25.1 Å². The van der Waals surface area contributed by atoms with Gasteiger partial charge in [0, 0.05) is 26.7 Å². The average molecular weight is 422 g/mol. The van der Waals surface area contributed by atoms with Crippen LogP contribution in [0.15, 0.2) is 60.7 Å². The summed E-state index contributed by atoms with van der Waals surface area (Å²) in [4.78, 5) is 16.7. The number of hydrogen-bond donors (Lipinski definition) is 1. The van der Waals surface area contributed by atoms with Gasteiger partial charge in [0.05, 0.1) is 24.1 Å². The number of hydrogen-bond acceptors (Lipinski definition) is 3. The lowest BCUT2D eigenvalue weighted by atomic mass is 10.0. The number of amides is 1. The maximum absolute atomic E-state index is 12.9.